The SMILES string of the molecule is CCCCC/C=C\CCCCCCCC/C=C\CCCCCCC(O)(C[N+](C)(C)C)P(=O)(O)O. The van der Waals surface area contributed by atoms with E-state index in [4.69, 9.17) is 0 Å². The number of aliphatic hydroxyl groups is 1. The number of hydrogen-bond donors (Lipinski definition) is 3. The minimum absolute atomic E-state index is 0.0521. The van der Waals surface area contributed by atoms with Gasteiger partial charge in [0.1, 0.15) is 6.54 Å². The number of likely N-dealkylation sites (N-methyl/N-ethyl adjacent to an activating group) is 1. The topological polar surface area (TPSA) is 77.8 Å². The maximum Gasteiger partial charge on any atom is 0.362 e. The van der Waals surface area contributed by atoms with Crippen LogP contribution < -0.4 is 0 Å². The molecule has 3 N–H and O–H groups in total. The Bertz CT molecular complexity index is 579. The Morgan fingerprint density at radius 1 is 0.647 bits per heavy atom. The molecule has 0 bridgehead atoms. The van der Waals surface area contributed by atoms with Gasteiger partial charge >= 0.3 is 7.60 Å². The second-order valence-corrected chi connectivity index (χ2v) is 13.0. The van der Waals surface area contributed by atoms with Crippen LogP contribution in [0.1, 0.15) is 122 Å². The number of allylic oxidation sites excluding steroid dienone is 4. The molecule has 0 radical (unpaired) electrons. The zero-order valence-corrected chi connectivity index (χ0v) is 23.8. The van der Waals surface area contributed by atoms with E-state index in [-0.39, 0.29) is 13.0 Å². The third kappa shape index (κ3) is 19.8. The molecule has 0 heterocycles. The molecule has 0 aromatic carbocycles. The first-order valence-corrected chi connectivity index (χ1v) is 15.5. The molecule has 0 aliphatic carbocycles. The van der Waals surface area contributed by atoms with Crippen LogP contribution in [-0.2, 0) is 4.57 Å². The second-order valence-electron chi connectivity index (χ2n) is 11.1. The lowest BCUT2D eigenvalue weighted by molar-refractivity contribution is -0.875. The zero-order chi connectivity index (χ0) is 25.8. The van der Waals surface area contributed by atoms with Crippen molar-refractivity contribution >= 4 is 7.60 Å². The first-order valence-electron chi connectivity index (χ1n) is 13.9. The largest absolute Gasteiger partial charge is 0.373 e. The van der Waals surface area contributed by atoms with Gasteiger partial charge in [-0.2, -0.15) is 0 Å². The summed E-state index contributed by atoms with van der Waals surface area (Å²) in [6.45, 7) is 2.30. The molecule has 0 aliphatic rings. The summed E-state index contributed by atoms with van der Waals surface area (Å²) in [5, 5.41) is 8.63. The molecule has 0 saturated heterocycles. The van der Waals surface area contributed by atoms with Crippen LogP contribution in [0.4, 0.5) is 0 Å². The number of rotatable bonds is 23. The third-order valence-electron chi connectivity index (χ3n) is 6.27. The van der Waals surface area contributed by atoms with Crippen molar-refractivity contribution in [3.05, 3.63) is 24.3 Å². The average Bonchev–Trinajstić information content (AvgIpc) is 2.73. The zero-order valence-electron chi connectivity index (χ0n) is 22.9. The van der Waals surface area contributed by atoms with Gasteiger partial charge in [-0.25, -0.2) is 0 Å². The highest BCUT2D eigenvalue weighted by atomic mass is 31.2. The van der Waals surface area contributed by atoms with Gasteiger partial charge in [0.05, 0.1) is 21.1 Å². The number of unbranched alkanes of at least 4 members (excludes halogenated alkanes) is 14. The Morgan fingerprint density at radius 3 is 1.35 bits per heavy atom. The van der Waals surface area contributed by atoms with Crippen molar-refractivity contribution < 1.29 is 23.9 Å². The van der Waals surface area contributed by atoms with E-state index >= 15 is 0 Å². The fraction of sp³-hybridized carbons (Fsp3) is 0.857. The van der Waals surface area contributed by atoms with Gasteiger partial charge in [0, 0.05) is 0 Å². The molecule has 0 aliphatic heterocycles. The van der Waals surface area contributed by atoms with Crippen LogP contribution in [0.2, 0.25) is 0 Å². The van der Waals surface area contributed by atoms with Crippen molar-refractivity contribution in [2.45, 2.75) is 128 Å². The van der Waals surface area contributed by atoms with Gasteiger partial charge in [-0.3, -0.25) is 4.57 Å². The molecular formula is C28H57NO4P+. The van der Waals surface area contributed by atoms with Crippen LogP contribution in [-0.4, -0.2) is 52.4 Å². The minimum Gasteiger partial charge on any atom is -0.373 e. The molecule has 34 heavy (non-hydrogen) atoms. The summed E-state index contributed by atoms with van der Waals surface area (Å²) in [5.41, 5.74) is 0. The molecule has 202 valence electrons. The van der Waals surface area contributed by atoms with Crippen LogP contribution in [0.3, 0.4) is 0 Å². The predicted octanol–water partition coefficient (Wildman–Crippen LogP) is 7.71. The molecule has 0 amide bonds. The number of nitrogens with zero attached hydrogens (tertiary/aromatic N) is 1. The quantitative estimate of drug-likeness (QED) is 0.0578. The summed E-state index contributed by atoms with van der Waals surface area (Å²) in [6.07, 6.45) is 29.8. The van der Waals surface area contributed by atoms with E-state index in [1.165, 1.54) is 77.0 Å². The summed E-state index contributed by atoms with van der Waals surface area (Å²) in [7, 11) is 0.954. The van der Waals surface area contributed by atoms with Crippen molar-refractivity contribution in [3.8, 4) is 0 Å². The summed E-state index contributed by atoms with van der Waals surface area (Å²) >= 11 is 0. The number of quaternary nitrogens is 1. The monoisotopic (exact) mass is 502 g/mol. The molecule has 0 fully saturated rings. The highest BCUT2D eigenvalue weighted by Crippen LogP contribution is 2.52. The van der Waals surface area contributed by atoms with Gasteiger partial charge in [-0.1, -0.05) is 82.6 Å². The van der Waals surface area contributed by atoms with Crippen molar-refractivity contribution in [1.29, 1.82) is 0 Å². The highest BCUT2D eigenvalue weighted by Gasteiger charge is 2.48. The second kappa shape index (κ2) is 19.7. The Hall–Kier alpha value is -0.450. The van der Waals surface area contributed by atoms with Crippen LogP contribution in [0, 0.1) is 0 Å². The fourth-order valence-corrected chi connectivity index (χ4v) is 5.37. The van der Waals surface area contributed by atoms with Gasteiger partial charge in [-0.15, -0.1) is 0 Å². The predicted molar refractivity (Wildman–Crippen MR) is 147 cm³/mol. The lowest BCUT2D eigenvalue weighted by atomic mass is 10.1. The van der Waals surface area contributed by atoms with E-state index in [1.54, 1.807) is 0 Å². The lowest BCUT2D eigenvalue weighted by Gasteiger charge is -2.35. The number of hydrogen-bond acceptors (Lipinski definition) is 2. The first kappa shape index (κ1) is 33.5. The van der Waals surface area contributed by atoms with Crippen LogP contribution >= 0.6 is 7.60 Å². The molecule has 0 spiro atoms. The highest BCUT2D eigenvalue weighted by molar-refractivity contribution is 7.53. The molecular weight excluding hydrogens is 445 g/mol. The Balaban J connectivity index is 3.60. The average molecular weight is 503 g/mol. The summed E-state index contributed by atoms with van der Waals surface area (Å²) < 4.78 is 12.1. The van der Waals surface area contributed by atoms with Gasteiger partial charge in [-0.05, 0) is 64.2 Å². The van der Waals surface area contributed by atoms with Gasteiger partial charge in [0.2, 0.25) is 5.34 Å². The van der Waals surface area contributed by atoms with Crippen molar-refractivity contribution in [2.75, 3.05) is 27.7 Å². The third-order valence-corrected chi connectivity index (χ3v) is 7.72. The molecule has 1 atom stereocenters. The van der Waals surface area contributed by atoms with Gasteiger partial charge < -0.3 is 19.4 Å². The molecule has 1 unspecified atom stereocenters. The first-order chi connectivity index (χ1) is 16.0. The minimum atomic E-state index is -4.55. The molecule has 0 aromatic rings. The molecule has 0 rings (SSSR count). The molecule has 0 aromatic heterocycles. The Labute approximate surface area is 211 Å². The van der Waals surface area contributed by atoms with Gasteiger partial charge in [0.25, 0.3) is 0 Å². The maximum atomic E-state index is 11.8. The van der Waals surface area contributed by atoms with E-state index < -0.39 is 12.9 Å². The normalized spacial score (nSPS) is 14.9. The summed E-state index contributed by atoms with van der Waals surface area (Å²) in [5.74, 6) is 0. The van der Waals surface area contributed by atoms with Crippen LogP contribution in [0.15, 0.2) is 24.3 Å². The van der Waals surface area contributed by atoms with Crippen LogP contribution in [0.5, 0.6) is 0 Å². The molecule has 5 nitrogen and oxygen atoms in total. The van der Waals surface area contributed by atoms with Gasteiger partial charge in [0.15, 0.2) is 0 Å². The molecule has 6 heteroatoms. The van der Waals surface area contributed by atoms with Crippen LogP contribution in [0.25, 0.3) is 0 Å². The smallest absolute Gasteiger partial charge is 0.362 e. The van der Waals surface area contributed by atoms with Crippen molar-refractivity contribution in [2.24, 2.45) is 0 Å². The van der Waals surface area contributed by atoms with E-state index in [0.717, 1.165) is 25.7 Å². The maximum absolute atomic E-state index is 11.8. The Kier molecular flexibility index (Phi) is 19.4. The Morgan fingerprint density at radius 2 is 1.00 bits per heavy atom. The fourth-order valence-electron chi connectivity index (χ4n) is 4.32. The van der Waals surface area contributed by atoms with Crippen molar-refractivity contribution in [1.82, 2.24) is 0 Å². The van der Waals surface area contributed by atoms with E-state index in [2.05, 4.69) is 31.2 Å². The standard InChI is InChI=1S/C28H56NO4P/c1-5-6-7-8-9-10-11-12-13-14-15-16-17-18-19-20-21-22-23-24-25-26-28(30,34(31,32)33)27-29(2,3)4/h9-10,19-20,30H,5-8,11-18,21-27H2,1-4H3,(H-,31,32,33)/p+1/b10-9-,20-19-. The van der Waals surface area contributed by atoms with E-state index in [1.807, 2.05) is 21.1 Å². The summed E-state index contributed by atoms with van der Waals surface area (Å²) in [4.78, 5) is 19.2. The van der Waals surface area contributed by atoms with E-state index in [9.17, 15) is 19.5 Å². The summed E-state index contributed by atoms with van der Waals surface area (Å²) in [6, 6.07) is 0. The lowest BCUT2D eigenvalue weighted by Crippen LogP contribution is -2.49. The van der Waals surface area contributed by atoms with Crippen molar-refractivity contribution in [3.63, 3.8) is 0 Å². The molecule has 0 saturated carbocycles. The van der Waals surface area contributed by atoms with E-state index in [0.29, 0.717) is 10.9 Å².